The van der Waals surface area contributed by atoms with E-state index in [1.54, 1.807) is 0 Å². The number of ether oxygens (including phenoxy) is 2. The molecule has 0 aliphatic heterocycles. The molecule has 2 aromatic rings. The largest absolute Gasteiger partial charge is 0.493 e. The summed E-state index contributed by atoms with van der Waals surface area (Å²) >= 11 is 0. The summed E-state index contributed by atoms with van der Waals surface area (Å²) < 4.78 is 33.9. The van der Waals surface area contributed by atoms with Crippen LogP contribution >= 0.6 is 0 Å². The minimum atomic E-state index is -3.00. The zero-order valence-corrected chi connectivity index (χ0v) is 15.9. The average Bonchev–Trinajstić information content (AvgIpc) is 2.72. The highest BCUT2D eigenvalue weighted by atomic mass is 19.3. The summed E-state index contributed by atoms with van der Waals surface area (Å²) in [5, 5.41) is 8.40. The van der Waals surface area contributed by atoms with E-state index in [0.29, 0.717) is 13.1 Å². The molecule has 0 aliphatic rings. The van der Waals surface area contributed by atoms with Gasteiger partial charge in [-0.1, -0.05) is 18.2 Å². The number of amides is 2. The number of alkyl halides is 2. The third-order valence-corrected chi connectivity index (χ3v) is 3.83. The summed E-state index contributed by atoms with van der Waals surface area (Å²) in [6, 6.07) is 13.5. The fourth-order valence-corrected chi connectivity index (χ4v) is 2.43. The highest BCUT2D eigenvalue weighted by Crippen LogP contribution is 2.29. The molecule has 3 N–H and O–H groups in total. The first-order chi connectivity index (χ1) is 14.0. The van der Waals surface area contributed by atoms with Crippen molar-refractivity contribution in [1.82, 2.24) is 10.6 Å². The number of carbonyl (C=O) groups is 2. The van der Waals surface area contributed by atoms with Crippen LogP contribution in [0.2, 0.25) is 0 Å². The number of carbonyl (C=O) groups excluding carboxylic acids is 2. The molecule has 0 fully saturated rings. The minimum absolute atomic E-state index is 0.00619. The van der Waals surface area contributed by atoms with Gasteiger partial charge in [-0.25, -0.2) is 0 Å². The van der Waals surface area contributed by atoms with Gasteiger partial charge in [0.1, 0.15) is 0 Å². The molecule has 0 aromatic heterocycles. The van der Waals surface area contributed by atoms with Crippen molar-refractivity contribution in [1.29, 1.82) is 0 Å². The molecular formula is C20H23F2N3O4. The molecule has 2 rings (SSSR count). The lowest BCUT2D eigenvalue weighted by Gasteiger charge is -2.12. The van der Waals surface area contributed by atoms with Crippen LogP contribution in [0, 0.1) is 0 Å². The smallest absolute Gasteiger partial charge is 0.387 e. The van der Waals surface area contributed by atoms with Gasteiger partial charge in [-0.2, -0.15) is 8.78 Å². The molecule has 0 unspecified atom stereocenters. The monoisotopic (exact) mass is 407 g/mol. The first kappa shape index (κ1) is 21.9. The predicted octanol–water partition coefficient (Wildman–Crippen LogP) is 2.64. The van der Waals surface area contributed by atoms with Gasteiger partial charge < -0.3 is 25.4 Å². The van der Waals surface area contributed by atoms with Crippen LogP contribution in [0.3, 0.4) is 0 Å². The highest BCUT2D eigenvalue weighted by molar-refractivity contribution is 5.97. The lowest BCUT2D eigenvalue weighted by molar-refractivity contribution is -0.120. The van der Waals surface area contributed by atoms with Crippen molar-refractivity contribution in [2.75, 3.05) is 32.1 Å². The van der Waals surface area contributed by atoms with Crippen LogP contribution in [-0.2, 0) is 4.79 Å². The summed E-state index contributed by atoms with van der Waals surface area (Å²) in [4.78, 5) is 24.0. The summed E-state index contributed by atoms with van der Waals surface area (Å²) in [5.74, 6) is -1.05. The Labute approximate surface area is 167 Å². The Morgan fingerprint density at radius 1 is 1.00 bits per heavy atom. The van der Waals surface area contributed by atoms with Gasteiger partial charge in [-0.05, 0) is 36.8 Å². The predicted molar refractivity (Wildman–Crippen MR) is 105 cm³/mol. The molecule has 0 spiro atoms. The molecule has 7 nitrogen and oxygen atoms in total. The van der Waals surface area contributed by atoms with E-state index in [-0.39, 0.29) is 29.5 Å². The van der Waals surface area contributed by atoms with Crippen molar-refractivity contribution in [3.63, 3.8) is 0 Å². The minimum Gasteiger partial charge on any atom is -0.493 e. The van der Waals surface area contributed by atoms with Crippen LogP contribution in [0.1, 0.15) is 16.8 Å². The molecule has 29 heavy (non-hydrogen) atoms. The van der Waals surface area contributed by atoms with Crippen molar-refractivity contribution in [3.8, 4) is 11.5 Å². The number of anilines is 1. The molecule has 0 saturated heterocycles. The first-order valence-corrected chi connectivity index (χ1v) is 8.96. The first-order valence-electron chi connectivity index (χ1n) is 8.96. The van der Waals surface area contributed by atoms with Crippen molar-refractivity contribution >= 4 is 17.5 Å². The lowest BCUT2D eigenvalue weighted by atomic mass is 10.2. The Bertz CT molecular complexity index is 804. The Morgan fingerprint density at radius 2 is 1.76 bits per heavy atom. The van der Waals surface area contributed by atoms with Crippen molar-refractivity contribution < 1.29 is 27.8 Å². The second kappa shape index (κ2) is 11.5. The topological polar surface area (TPSA) is 88.7 Å². The standard InChI is InChI=1S/C20H23F2N3O4/c1-28-17-12-14(8-9-16(17)29-20(21)22)19(27)25-13-18(26)24-11-5-10-23-15-6-3-2-4-7-15/h2-4,6-9,12,20,23H,5,10-11,13H2,1H3,(H,24,26)(H,25,27). The fourth-order valence-electron chi connectivity index (χ4n) is 2.43. The Hall–Kier alpha value is -3.36. The van der Waals surface area contributed by atoms with Crippen LogP contribution < -0.4 is 25.4 Å². The molecule has 156 valence electrons. The number of halogens is 2. The number of hydrogen-bond acceptors (Lipinski definition) is 5. The van der Waals surface area contributed by atoms with E-state index in [0.717, 1.165) is 12.1 Å². The molecule has 2 aromatic carbocycles. The number of benzene rings is 2. The van der Waals surface area contributed by atoms with Gasteiger partial charge in [0.25, 0.3) is 5.91 Å². The second-order valence-corrected chi connectivity index (χ2v) is 5.92. The zero-order valence-electron chi connectivity index (χ0n) is 15.9. The van der Waals surface area contributed by atoms with Crippen molar-refractivity contribution in [2.24, 2.45) is 0 Å². The lowest BCUT2D eigenvalue weighted by Crippen LogP contribution is -2.37. The molecule has 2 amide bonds. The molecule has 9 heteroatoms. The van der Waals surface area contributed by atoms with Gasteiger partial charge in [-0.15, -0.1) is 0 Å². The van der Waals surface area contributed by atoms with Crippen molar-refractivity contribution in [2.45, 2.75) is 13.0 Å². The van der Waals surface area contributed by atoms with Crippen LogP contribution in [0.5, 0.6) is 11.5 Å². The molecular weight excluding hydrogens is 384 g/mol. The number of para-hydroxylation sites is 1. The quantitative estimate of drug-likeness (QED) is 0.499. The van der Waals surface area contributed by atoms with Gasteiger partial charge in [0, 0.05) is 24.3 Å². The summed E-state index contributed by atoms with van der Waals surface area (Å²) in [6.45, 7) is -2.05. The Morgan fingerprint density at radius 3 is 2.45 bits per heavy atom. The van der Waals surface area contributed by atoms with E-state index in [2.05, 4.69) is 20.7 Å². The molecule has 0 aliphatic carbocycles. The van der Waals surface area contributed by atoms with E-state index in [1.807, 2.05) is 30.3 Å². The molecule has 0 bridgehead atoms. The Kier molecular flexibility index (Phi) is 8.68. The number of hydrogen-bond donors (Lipinski definition) is 3. The van der Waals surface area contributed by atoms with E-state index < -0.39 is 12.5 Å². The van der Waals surface area contributed by atoms with Crippen molar-refractivity contribution in [3.05, 3.63) is 54.1 Å². The molecule has 0 atom stereocenters. The summed E-state index contributed by atoms with van der Waals surface area (Å²) in [5.41, 5.74) is 1.16. The third-order valence-electron chi connectivity index (χ3n) is 3.83. The van der Waals surface area contributed by atoms with Crippen LogP contribution in [0.15, 0.2) is 48.5 Å². The molecule has 0 saturated carbocycles. The third kappa shape index (κ3) is 7.65. The average molecular weight is 407 g/mol. The normalized spacial score (nSPS) is 10.3. The van der Waals surface area contributed by atoms with Crippen LogP contribution in [0.4, 0.5) is 14.5 Å². The van der Waals surface area contributed by atoms with E-state index >= 15 is 0 Å². The highest BCUT2D eigenvalue weighted by Gasteiger charge is 2.14. The second-order valence-electron chi connectivity index (χ2n) is 5.92. The van der Waals surface area contributed by atoms with Crippen LogP contribution in [0.25, 0.3) is 0 Å². The molecule has 0 radical (unpaired) electrons. The number of rotatable bonds is 11. The van der Waals surface area contributed by atoms with Gasteiger partial charge in [0.15, 0.2) is 11.5 Å². The SMILES string of the molecule is COc1cc(C(=O)NCC(=O)NCCCNc2ccccc2)ccc1OC(F)F. The number of nitrogens with one attached hydrogen (secondary N) is 3. The summed E-state index contributed by atoms with van der Waals surface area (Å²) in [6.07, 6.45) is 0.720. The van der Waals surface area contributed by atoms with Gasteiger partial charge >= 0.3 is 6.61 Å². The van der Waals surface area contributed by atoms with Gasteiger partial charge in [0.05, 0.1) is 13.7 Å². The van der Waals surface area contributed by atoms with Gasteiger partial charge in [0.2, 0.25) is 5.91 Å². The van der Waals surface area contributed by atoms with E-state index in [4.69, 9.17) is 4.74 Å². The maximum absolute atomic E-state index is 12.3. The van der Waals surface area contributed by atoms with E-state index in [9.17, 15) is 18.4 Å². The zero-order chi connectivity index (χ0) is 21.1. The maximum atomic E-state index is 12.3. The van der Waals surface area contributed by atoms with Crippen LogP contribution in [-0.4, -0.2) is 45.2 Å². The number of methoxy groups -OCH3 is 1. The fraction of sp³-hybridized carbons (Fsp3) is 0.300. The van der Waals surface area contributed by atoms with Gasteiger partial charge in [-0.3, -0.25) is 9.59 Å². The summed E-state index contributed by atoms with van der Waals surface area (Å²) in [7, 11) is 1.27. The molecule has 0 heterocycles. The Balaban J connectivity index is 1.70. The van der Waals surface area contributed by atoms with E-state index in [1.165, 1.54) is 25.3 Å². The maximum Gasteiger partial charge on any atom is 0.387 e.